The fraction of sp³-hybridized carbons (Fsp3) is 0.579. The minimum atomic E-state index is 0.733. The Kier molecular flexibility index (Phi) is 4.55. The highest BCUT2D eigenvalue weighted by Gasteiger charge is 2.33. The second-order valence-corrected chi connectivity index (χ2v) is 7.57. The van der Waals surface area contributed by atoms with Gasteiger partial charge in [0, 0.05) is 18.3 Å². The van der Waals surface area contributed by atoms with E-state index in [0.29, 0.717) is 0 Å². The summed E-state index contributed by atoms with van der Waals surface area (Å²) in [6.07, 6.45) is 8.26. The number of likely N-dealkylation sites (tertiary alicyclic amines) is 1. The van der Waals surface area contributed by atoms with Gasteiger partial charge in [-0.2, -0.15) is 5.10 Å². The molecular weight excluding hydrogens is 316 g/mol. The molecule has 0 N–H and O–H groups in total. The number of nitrogens with zero attached hydrogens (tertiary/aromatic N) is 4. The van der Waals surface area contributed by atoms with Crippen molar-refractivity contribution in [2.75, 3.05) is 6.54 Å². The Morgan fingerprint density at radius 3 is 2.67 bits per heavy atom. The van der Waals surface area contributed by atoms with Crippen molar-refractivity contribution in [1.29, 1.82) is 0 Å². The van der Waals surface area contributed by atoms with Gasteiger partial charge in [0.25, 0.3) is 0 Å². The van der Waals surface area contributed by atoms with Crippen molar-refractivity contribution in [1.82, 2.24) is 19.2 Å². The van der Waals surface area contributed by atoms with Crippen LogP contribution in [0.2, 0.25) is 0 Å². The SMILES string of the molecule is Cc1nn(CN2CCC[C@@H]3CCCC[C@@H]32)c(=S)n1-c1ccccc1. The van der Waals surface area contributed by atoms with Gasteiger partial charge in [0.1, 0.15) is 5.82 Å². The van der Waals surface area contributed by atoms with Crippen molar-refractivity contribution < 1.29 is 0 Å². The molecule has 0 unspecified atom stereocenters. The number of fused-ring (bicyclic) bond motifs is 1. The van der Waals surface area contributed by atoms with E-state index in [4.69, 9.17) is 17.3 Å². The molecule has 1 aliphatic heterocycles. The van der Waals surface area contributed by atoms with Crippen LogP contribution in [-0.4, -0.2) is 31.8 Å². The monoisotopic (exact) mass is 342 g/mol. The molecule has 0 amide bonds. The maximum atomic E-state index is 5.75. The Morgan fingerprint density at radius 2 is 1.83 bits per heavy atom. The standard InChI is InChI=1S/C19H26N4S/c1-15-20-22(19(24)23(15)17-10-3-2-4-11-17)14-21-13-7-9-16-8-5-6-12-18(16)21/h2-4,10-11,16,18H,5-9,12-14H2,1H3/t16-,18-/m0/s1. The van der Waals surface area contributed by atoms with Crippen molar-refractivity contribution in [2.45, 2.75) is 58.2 Å². The number of rotatable bonds is 3. The van der Waals surface area contributed by atoms with Gasteiger partial charge in [0.2, 0.25) is 4.77 Å². The van der Waals surface area contributed by atoms with Gasteiger partial charge in [-0.1, -0.05) is 31.0 Å². The minimum absolute atomic E-state index is 0.733. The van der Waals surface area contributed by atoms with Crippen molar-refractivity contribution >= 4 is 12.2 Å². The molecule has 1 aliphatic carbocycles. The molecule has 2 aliphatic rings. The lowest BCUT2D eigenvalue weighted by molar-refractivity contribution is 0.0323. The molecule has 1 saturated carbocycles. The highest BCUT2D eigenvalue weighted by molar-refractivity contribution is 7.71. The number of piperidine rings is 1. The summed E-state index contributed by atoms with van der Waals surface area (Å²) in [6.45, 7) is 4.06. The second kappa shape index (κ2) is 6.81. The van der Waals surface area contributed by atoms with Crippen LogP contribution in [-0.2, 0) is 6.67 Å². The summed E-state index contributed by atoms with van der Waals surface area (Å²) in [7, 11) is 0. The molecule has 2 aromatic rings. The Bertz CT molecular complexity index is 746. The molecule has 1 saturated heterocycles. The third kappa shape index (κ3) is 2.95. The fourth-order valence-electron chi connectivity index (χ4n) is 4.56. The van der Waals surface area contributed by atoms with Gasteiger partial charge in [-0.15, -0.1) is 0 Å². The number of hydrogen-bond acceptors (Lipinski definition) is 3. The molecule has 0 radical (unpaired) electrons. The molecule has 0 spiro atoms. The van der Waals surface area contributed by atoms with Crippen LogP contribution in [0.15, 0.2) is 30.3 Å². The quantitative estimate of drug-likeness (QED) is 0.777. The Hall–Kier alpha value is -1.46. The molecule has 1 aromatic heterocycles. The van der Waals surface area contributed by atoms with Crippen LogP contribution in [0.25, 0.3) is 5.69 Å². The molecule has 4 rings (SSSR count). The minimum Gasteiger partial charge on any atom is -0.281 e. The van der Waals surface area contributed by atoms with Gasteiger partial charge in [0.15, 0.2) is 0 Å². The topological polar surface area (TPSA) is 26.0 Å². The summed E-state index contributed by atoms with van der Waals surface area (Å²) in [5.74, 6) is 1.85. The maximum absolute atomic E-state index is 5.75. The maximum Gasteiger partial charge on any atom is 0.203 e. The normalized spacial score (nSPS) is 24.7. The lowest BCUT2D eigenvalue weighted by atomic mass is 9.78. The Morgan fingerprint density at radius 1 is 1.08 bits per heavy atom. The third-order valence-corrected chi connectivity index (χ3v) is 6.08. The highest BCUT2D eigenvalue weighted by atomic mass is 32.1. The van der Waals surface area contributed by atoms with E-state index in [2.05, 4.69) is 21.6 Å². The first-order valence-corrected chi connectivity index (χ1v) is 9.61. The Balaban J connectivity index is 1.60. The van der Waals surface area contributed by atoms with Gasteiger partial charge in [-0.05, 0) is 62.9 Å². The van der Waals surface area contributed by atoms with E-state index in [0.717, 1.165) is 34.9 Å². The van der Waals surface area contributed by atoms with Gasteiger partial charge < -0.3 is 0 Å². The number of para-hydroxylation sites is 1. The molecule has 1 aromatic carbocycles. The summed E-state index contributed by atoms with van der Waals surface area (Å²) in [5, 5.41) is 4.75. The van der Waals surface area contributed by atoms with Crippen LogP contribution in [0.1, 0.15) is 44.3 Å². The number of hydrogen-bond donors (Lipinski definition) is 0. The first-order valence-electron chi connectivity index (χ1n) is 9.20. The average Bonchev–Trinajstić information content (AvgIpc) is 2.90. The molecule has 5 heteroatoms. The predicted molar refractivity (Wildman–Crippen MR) is 98.8 cm³/mol. The van der Waals surface area contributed by atoms with Gasteiger partial charge in [-0.3, -0.25) is 9.47 Å². The van der Waals surface area contributed by atoms with Crippen molar-refractivity contribution in [3.05, 3.63) is 40.9 Å². The van der Waals surface area contributed by atoms with Gasteiger partial charge >= 0.3 is 0 Å². The summed E-state index contributed by atoms with van der Waals surface area (Å²) in [4.78, 5) is 2.63. The van der Waals surface area contributed by atoms with E-state index >= 15 is 0 Å². The zero-order valence-electron chi connectivity index (χ0n) is 14.4. The fourth-order valence-corrected chi connectivity index (χ4v) is 4.89. The number of benzene rings is 1. The molecule has 0 bridgehead atoms. The smallest absolute Gasteiger partial charge is 0.203 e. The van der Waals surface area contributed by atoms with Crippen LogP contribution < -0.4 is 0 Å². The van der Waals surface area contributed by atoms with E-state index in [9.17, 15) is 0 Å². The van der Waals surface area contributed by atoms with Gasteiger partial charge in [0.05, 0.1) is 6.67 Å². The van der Waals surface area contributed by atoms with Crippen molar-refractivity contribution in [3.63, 3.8) is 0 Å². The molecule has 24 heavy (non-hydrogen) atoms. The highest BCUT2D eigenvalue weighted by Crippen LogP contribution is 2.35. The van der Waals surface area contributed by atoms with Crippen LogP contribution in [0.4, 0.5) is 0 Å². The van der Waals surface area contributed by atoms with Crippen LogP contribution >= 0.6 is 12.2 Å². The zero-order chi connectivity index (χ0) is 16.5. The Labute approximate surface area is 149 Å². The predicted octanol–water partition coefficient (Wildman–Crippen LogP) is 4.32. The summed E-state index contributed by atoms with van der Waals surface area (Å²) in [5.41, 5.74) is 1.10. The molecule has 2 heterocycles. The largest absolute Gasteiger partial charge is 0.281 e. The summed E-state index contributed by atoms with van der Waals surface area (Å²) >= 11 is 5.75. The summed E-state index contributed by atoms with van der Waals surface area (Å²) in [6, 6.07) is 11.0. The first kappa shape index (κ1) is 16.0. The van der Waals surface area contributed by atoms with E-state index in [-0.39, 0.29) is 0 Å². The third-order valence-electron chi connectivity index (χ3n) is 5.69. The van der Waals surface area contributed by atoms with E-state index in [1.54, 1.807) is 0 Å². The van der Waals surface area contributed by atoms with Crippen molar-refractivity contribution in [3.8, 4) is 5.69 Å². The lowest BCUT2D eigenvalue weighted by Crippen LogP contribution is -2.47. The van der Waals surface area contributed by atoms with Gasteiger partial charge in [-0.25, -0.2) is 4.68 Å². The molecule has 4 nitrogen and oxygen atoms in total. The first-order chi connectivity index (χ1) is 11.7. The van der Waals surface area contributed by atoms with E-state index in [1.807, 2.05) is 29.8 Å². The molecule has 2 fully saturated rings. The number of aryl methyl sites for hydroxylation is 1. The van der Waals surface area contributed by atoms with E-state index in [1.165, 1.54) is 45.1 Å². The zero-order valence-corrected chi connectivity index (χ0v) is 15.2. The number of aromatic nitrogens is 3. The van der Waals surface area contributed by atoms with Crippen molar-refractivity contribution in [2.24, 2.45) is 5.92 Å². The van der Waals surface area contributed by atoms with Crippen LogP contribution in [0.3, 0.4) is 0 Å². The van der Waals surface area contributed by atoms with Crippen LogP contribution in [0.5, 0.6) is 0 Å². The molecular formula is C19H26N4S. The second-order valence-electron chi connectivity index (χ2n) is 7.21. The average molecular weight is 343 g/mol. The molecule has 2 atom stereocenters. The lowest BCUT2D eigenvalue weighted by Gasteiger charge is -2.43. The molecule has 128 valence electrons. The van der Waals surface area contributed by atoms with Crippen LogP contribution in [0, 0.1) is 17.6 Å². The van der Waals surface area contributed by atoms with E-state index < -0.39 is 0 Å². The summed E-state index contributed by atoms with van der Waals surface area (Å²) < 4.78 is 4.91.